The summed E-state index contributed by atoms with van der Waals surface area (Å²) < 4.78 is 45.2. The molecule has 89 heavy (non-hydrogen) atoms. The number of anilines is 2. The van der Waals surface area contributed by atoms with E-state index in [1.807, 2.05) is 88.0 Å². The van der Waals surface area contributed by atoms with E-state index in [0.717, 1.165) is 21.7 Å². The van der Waals surface area contributed by atoms with Gasteiger partial charge in [-0.3, -0.25) is 19.2 Å². The van der Waals surface area contributed by atoms with Crippen LogP contribution in [-0.2, 0) is 42.9 Å². The summed E-state index contributed by atoms with van der Waals surface area (Å²) in [7, 11) is 1.67. The predicted molar refractivity (Wildman–Crippen MR) is 340 cm³/mol. The zero-order valence-electron chi connectivity index (χ0n) is 52.0. The van der Waals surface area contributed by atoms with Gasteiger partial charge in [-0.2, -0.15) is 4.98 Å². The number of β-amino-alcohol motifs (C(OH)–C–C–N with tert-alkyl or cyclic N) is 1. The zero-order valence-corrected chi connectivity index (χ0v) is 53.6. The number of nitrogens with zero attached hydrogens (tertiary/aromatic N) is 7. The number of thiazole rings is 1. The largest absolute Gasteiger partial charge is 0.508 e. The van der Waals surface area contributed by atoms with Crippen molar-refractivity contribution >= 4 is 86.1 Å². The highest BCUT2D eigenvalue weighted by Crippen LogP contribution is 2.43. The van der Waals surface area contributed by atoms with Gasteiger partial charge in [-0.25, -0.2) is 19.2 Å². The van der Waals surface area contributed by atoms with E-state index < -0.39 is 58.8 Å². The van der Waals surface area contributed by atoms with E-state index in [2.05, 4.69) is 25.9 Å². The molecule has 5 amide bonds. The number of aliphatic hydroxyl groups is 1. The molecule has 22 nitrogen and oxygen atoms in total. The Kier molecular flexibility index (Phi) is 23.1. The normalized spacial score (nSPS) is 16.2. The van der Waals surface area contributed by atoms with E-state index in [1.54, 1.807) is 66.6 Å². The standard InChI is InChI=1S/C64H82ClFN10O12S/c1-39(41-14-16-42(17-15-41)56-40(2)68-38-89-56)69-59(81)50-34-45(78)36-76(50)60(82)57(63(3,4)5)70-51(79)37-87-31-30-86-29-28-85-27-26-84-25-24-73(9)52(80)18-19-67-61-71-55-48(58(72-61)74-20-22-75(23-21-74)62(83)88-64(6,7)8)35-49(65)53(54(55)66)47-33-44(77)32-43-12-10-11-13-46(43)47/h10-17,32-33,35,38-39,45,50,57,77-78H,18-31,34,36-37H2,1-9H3,(H,69,81)(H,70,79)(H,67,71,72)/t39?,45-,50+,57?/m1/s1. The van der Waals surface area contributed by atoms with Gasteiger partial charge in [-0.15, -0.1) is 11.3 Å². The van der Waals surface area contributed by atoms with E-state index in [9.17, 15) is 34.2 Å². The molecular weight excluding hydrogens is 1190 g/mol. The molecule has 8 rings (SSSR count). The minimum atomic E-state index is -1.01. The lowest BCUT2D eigenvalue weighted by Gasteiger charge is -2.36. The number of hydrogen-bond acceptors (Lipinski definition) is 18. The Morgan fingerprint density at radius 2 is 1.52 bits per heavy atom. The van der Waals surface area contributed by atoms with Crippen molar-refractivity contribution in [2.45, 2.75) is 98.1 Å². The fraction of sp³-hybridized carbons (Fsp3) is 0.500. The number of aromatic hydroxyl groups is 1. The first-order valence-corrected chi connectivity index (χ1v) is 31.1. The molecule has 4 aromatic carbocycles. The molecule has 0 saturated carbocycles. The number of aryl methyl sites for hydroxylation is 1. The molecule has 2 aliphatic heterocycles. The van der Waals surface area contributed by atoms with Crippen LogP contribution in [0, 0.1) is 18.2 Å². The van der Waals surface area contributed by atoms with Crippen LogP contribution in [0.4, 0.5) is 21.0 Å². The van der Waals surface area contributed by atoms with Crippen molar-refractivity contribution in [1.29, 1.82) is 0 Å². The maximum absolute atomic E-state index is 17.1. The number of carbonyl (C=O) groups is 5. The molecule has 480 valence electrons. The number of aromatic nitrogens is 3. The maximum atomic E-state index is 17.1. The zero-order chi connectivity index (χ0) is 64.2. The highest BCUT2D eigenvalue weighted by molar-refractivity contribution is 7.13. The monoisotopic (exact) mass is 1270 g/mol. The number of hydrogen-bond donors (Lipinski definition) is 5. The van der Waals surface area contributed by atoms with Gasteiger partial charge in [-0.1, -0.05) is 80.9 Å². The molecule has 25 heteroatoms. The van der Waals surface area contributed by atoms with Gasteiger partial charge in [0.05, 0.1) is 79.5 Å². The summed E-state index contributed by atoms with van der Waals surface area (Å²) >= 11 is 8.48. The number of amides is 5. The van der Waals surface area contributed by atoms with Crippen molar-refractivity contribution in [3.05, 3.63) is 94.3 Å². The number of benzene rings is 4. The van der Waals surface area contributed by atoms with Gasteiger partial charge in [0.2, 0.25) is 29.6 Å². The first-order chi connectivity index (χ1) is 42.4. The Bertz CT molecular complexity index is 3450. The number of phenols is 1. The highest BCUT2D eigenvalue weighted by atomic mass is 35.5. The molecular formula is C64H82ClFN10O12S. The van der Waals surface area contributed by atoms with Crippen LogP contribution in [0.1, 0.15) is 78.6 Å². The van der Waals surface area contributed by atoms with Gasteiger partial charge in [0, 0.05) is 76.7 Å². The predicted octanol–water partition coefficient (Wildman–Crippen LogP) is 8.13. The molecule has 2 aliphatic rings. The Balaban J connectivity index is 0.723. The molecule has 0 aliphatic carbocycles. The number of likely N-dealkylation sites (N-methyl/N-ethyl adjacent to an activating group) is 1. The molecule has 2 aromatic heterocycles. The minimum Gasteiger partial charge on any atom is -0.508 e. The number of piperazine rings is 1. The summed E-state index contributed by atoms with van der Waals surface area (Å²) in [6.07, 6.45) is -1.21. The number of fused-ring (bicyclic) bond motifs is 2. The van der Waals surface area contributed by atoms with Crippen LogP contribution < -0.4 is 20.9 Å². The second-order valence-corrected chi connectivity index (χ2v) is 25.5. The molecule has 4 atom stereocenters. The fourth-order valence-electron chi connectivity index (χ4n) is 10.5. The van der Waals surface area contributed by atoms with Crippen LogP contribution >= 0.6 is 22.9 Å². The summed E-state index contributed by atoms with van der Waals surface area (Å²) in [4.78, 5) is 88.3. The number of rotatable bonds is 26. The van der Waals surface area contributed by atoms with Crippen molar-refractivity contribution in [2.75, 3.05) is 116 Å². The van der Waals surface area contributed by atoms with Gasteiger partial charge in [-0.05, 0) is 85.7 Å². The first kappa shape index (κ1) is 67.6. The Labute approximate surface area is 527 Å². The maximum Gasteiger partial charge on any atom is 0.410 e. The van der Waals surface area contributed by atoms with Crippen molar-refractivity contribution in [3.63, 3.8) is 0 Å². The first-order valence-electron chi connectivity index (χ1n) is 29.9. The van der Waals surface area contributed by atoms with Crippen LogP contribution in [0.25, 0.3) is 43.2 Å². The summed E-state index contributed by atoms with van der Waals surface area (Å²) in [6, 6.07) is 17.5. The Morgan fingerprint density at radius 1 is 0.854 bits per heavy atom. The third-order valence-corrected chi connectivity index (χ3v) is 16.5. The van der Waals surface area contributed by atoms with Crippen molar-refractivity contribution in [2.24, 2.45) is 5.41 Å². The van der Waals surface area contributed by atoms with Crippen LogP contribution in [0.5, 0.6) is 5.75 Å². The van der Waals surface area contributed by atoms with E-state index in [-0.39, 0.29) is 119 Å². The second kappa shape index (κ2) is 30.5. The lowest BCUT2D eigenvalue weighted by Crippen LogP contribution is -2.58. The summed E-state index contributed by atoms with van der Waals surface area (Å²) in [5.41, 5.74) is 3.69. The topological polar surface area (TPSA) is 260 Å². The number of halogens is 2. The molecule has 0 bridgehead atoms. The van der Waals surface area contributed by atoms with Gasteiger partial charge in [0.25, 0.3) is 0 Å². The Morgan fingerprint density at radius 3 is 2.17 bits per heavy atom. The smallest absolute Gasteiger partial charge is 0.410 e. The van der Waals surface area contributed by atoms with Crippen molar-refractivity contribution < 1.29 is 62.3 Å². The van der Waals surface area contributed by atoms with E-state index in [1.165, 1.54) is 11.0 Å². The van der Waals surface area contributed by atoms with Crippen LogP contribution in [0.15, 0.2) is 72.2 Å². The summed E-state index contributed by atoms with van der Waals surface area (Å²) in [5.74, 6) is -1.86. The summed E-state index contributed by atoms with van der Waals surface area (Å²) in [5, 5.41) is 32.1. The lowest BCUT2D eigenvalue weighted by atomic mass is 9.85. The summed E-state index contributed by atoms with van der Waals surface area (Å²) in [6.45, 7) is 17.7. The average molecular weight is 1270 g/mol. The van der Waals surface area contributed by atoms with Gasteiger partial charge < -0.3 is 69.4 Å². The third kappa shape index (κ3) is 18.0. The molecule has 4 heterocycles. The fourth-order valence-corrected chi connectivity index (χ4v) is 11.6. The van der Waals surface area contributed by atoms with Crippen LogP contribution in [-0.4, -0.2) is 199 Å². The van der Waals surface area contributed by atoms with E-state index in [0.29, 0.717) is 60.3 Å². The molecule has 2 saturated heterocycles. The average Bonchev–Trinajstić information content (AvgIpc) is 1.45. The van der Waals surface area contributed by atoms with Crippen molar-refractivity contribution in [1.82, 2.24) is 40.3 Å². The molecule has 2 fully saturated rings. The number of ether oxygens (including phenoxy) is 5. The van der Waals surface area contributed by atoms with E-state index >= 15 is 4.39 Å². The quantitative estimate of drug-likeness (QED) is 0.0321. The molecule has 2 unspecified atom stereocenters. The van der Waals surface area contributed by atoms with Gasteiger partial charge in [0.15, 0.2) is 5.82 Å². The minimum absolute atomic E-state index is 0.0173. The number of nitrogens with one attached hydrogen (secondary N) is 3. The Hall–Kier alpha value is -7.32. The second-order valence-electron chi connectivity index (χ2n) is 24.2. The third-order valence-electron chi connectivity index (χ3n) is 15.2. The molecule has 0 spiro atoms. The number of aliphatic hydroxyl groups excluding tert-OH is 1. The van der Waals surface area contributed by atoms with Gasteiger partial charge in [0.1, 0.15) is 41.4 Å². The lowest BCUT2D eigenvalue weighted by molar-refractivity contribution is -0.144. The SMILES string of the molecule is Cc1ncsc1-c1ccc(C(C)NC(=O)[C@@H]2C[C@@H](O)CN2C(=O)C(NC(=O)COCCOCCOCCOCCN(C)C(=O)CCNc2nc(N3CCN(C(=O)OC(C)(C)C)CC3)c3cc(Cl)c(-c4cc(O)cc5ccccc45)c(F)c3n2)C(C)(C)C)cc1. The van der Waals surface area contributed by atoms with Gasteiger partial charge >= 0.3 is 6.09 Å². The number of phenolic OH excluding ortho intramolecular Hbond substituents is 1. The van der Waals surface area contributed by atoms with Crippen LogP contribution in [0.3, 0.4) is 0 Å². The molecule has 6 aromatic rings. The van der Waals surface area contributed by atoms with Crippen LogP contribution in [0.2, 0.25) is 5.02 Å². The van der Waals surface area contributed by atoms with E-state index in [4.69, 9.17) is 40.3 Å². The van der Waals surface area contributed by atoms with Crippen molar-refractivity contribution in [3.8, 4) is 27.3 Å². The molecule has 0 radical (unpaired) electrons. The number of likely N-dealkylation sites (tertiary alicyclic amines) is 1. The molecule has 5 N–H and O–H groups in total. The highest BCUT2D eigenvalue weighted by Gasteiger charge is 2.45. The number of carbonyl (C=O) groups excluding carboxylic acids is 5.